The second kappa shape index (κ2) is 9.13. The maximum absolute atomic E-state index is 11.6. The molecule has 0 bridgehead atoms. The summed E-state index contributed by atoms with van der Waals surface area (Å²) in [7, 11) is 0. The summed E-state index contributed by atoms with van der Waals surface area (Å²) in [5.74, 6) is 0.502. The third-order valence-corrected chi connectivity index (χ3v) is 2.96. The third-order valence-electron chi connectivity index (χ3n) is 2.96. The van der Waals surface area contributed by atoms with Crippen molar-refractivity contribution in [2.75, 3.05) is 6.54 Å². The summed E-state index contributed by atoms with van der Waals surface area (Å²) >= 11 is 0. The predicted molar refractivity (Wildman–Crippen MR) is 80.0 cm³/mol. The monoisotopic (exact) mass is 276 g/mol. The molecule has 4 heteroatoms. The van der Waals surface area contributed by atoms with E-state index in [9.17, 15) is 9.59 Å². The Labute approximate surface area is 121 Å². The van der Waals surface area contributed by atoms with E-state index in [0.29, 0.717) is 31.8 Å². The van der Waals surface area contributed by atoms with Gasteiger partial charge in [-0.2, -0.15) is 0 Å². The lowest BCUT2D eigenvalue weighted by molar-refractivity contribution is -0.122. The molecule has 0 fully saturated rings. The summed E-state index contributed by atoms with van der Waals surface area (Å²) in [6.45, 7) is 5.10. The van der Waals surface area contributed by atoms with Crippen LogP contribution in [0.15, 0.2) is 30.3 Å². The van der Waals surface area contributed by atoms with Crippen LogP contribution in [0, 0.1) is 5.92 Å². The molecule has 0 aliphatic carbocycles. The fourth-order valence-corrected chi connectivity index (χ4v) is 1.71. The minimum absolute atomic E-state index is 0.0227. The smallest absolute Gasteiger partial charge is 0.222 e. The summed E-state index contributed by atoms with van der Waals surface area (Å²) in [4.78, 5) is 23.1. The van der Waals surface area contributed by atoms with Gasteiger partial charge in [-0.3, -0.25) is 9.59 Å². The van der Waals surface area contributed by atoms with Crippen LogP contribution >= 0.6 is 0 Å². The first-order chi connectivity index (χ1) is 9.58. The fraction of sp³-hybridized carbons (Fsp3) is 0.500. The van der Waals surface area contributed by atoms with Crippen LogP contribution in [-0.2, 0) is 16.1 Å². The molecular formula is C16H24N2O2. The van der Waals surface area contributed by atoms with Crippen molar-refractivity contribution < 1.29 is 9.59 Å². The molecule has 4 nitrogen and oxygen atoms in total. The van der Waals surface area contributed by atoms with Gasteiger partial charge in [0.2, 0.25) is 11.8 Å². The molecule has 0 aliphatic heterocycles. The van der Waals surface area contributed by atoms with Gasteiger partial charge in [0.1, 0.15) is 0 Å². The SMILES string of the molecule is CC(C)CCC(=O)NCCC(=O)NCc1ccccc1. The molecular weight excluding hydrogens is 252 g/mol. The summed E-state index contributed by atoms with van der Waals surface area (Å²) in [6, 6.07) is 9.76. The molecule has 110 valence electrons. The first-order valence-electron chi connectivity index (χ1n) is 7.15. The second-order valence-electron chi connectivity index (χ2n) is 5.29. The van der Waals surface area contributed by atoms with E-state index in [4.69, 9.17) is 0 Å². The largest absolute Gasteiger partial charge is 0.356 e. The highest BCUT2D eigenvalue weighted by Gasteiger charge is 2.05. The van der Waals surface area contributed by atoms with Gasteiger partial charge in [0, 0.05) is 25.9 Å². The van der Waals surface area contributed by atoms with Crippen LogP contribution in [0.3, 0.4) is 0 Å². The third kappa shape index (κ3) is 7.56. The summed E-state index contributed by atoms with van der Waals surface area (Å²) in [5, 5.41) is 5.60. The first kappa shape index (κ1) is 16.2. The Hall–Kier alpha value is -1.84. The number of carbonyl (C=O) groups excluding carboxylic acids is 2. The van der Waals surface area contributed by atoms with Gasteiger partial charge in [0.05, 0.1) is 0 Å². The van der Waals surface area contributed by atoms with E-state index in [0.717, 1.165) is 12.0 Å². The van der Waals surface area contributed by atoms with E-state index in [1.54, 1.807) is 0 Å². The van der Waals surface area contributed by atoms with E-state index in [-0.39, 0.29) is 11.8 Å². The first-order valence-corrected chi connectivity index (χ1v) is 7.15. The summed E-state index contributed by atoms with van der Waals surface area (Å²) < 4.78 is 0. The van der Waals surface area contributed by atoms with Gasteiger partial charge in [-0.25, -0.2) is 0 Å². The Morgan fingerprint density at radius 2 is 1.65 bits per heavy atom. The van der Waals surface area contributed by atoms with Gasteiger partial charge in [-0.1, -0.05) is 44.2 Å². The van der Waals surface area contributed by atoms with Gasteiger partial charge in [0.25, 0.3) is 0 Å². The topological polar surface area (TPSA) is 58.2 Å². The molecule has 0 saturated heterocycles. The van der Waals surface area contributed by atoms with Crippen LogP contribution < -0.4 is 10.6 Å². The highest BCUT2D eigenvalue weighted by atomic mass is 16.2. The van der Waals surface area contributed by atoms with Crippen molar-refractivity contribution in [2.24, 2.45) is 5.92 Å². The van der Waals surface area contributed by atoms with Crippen molar-refractivity contribution in [3.05, 3.63) is 35.9 Å². The molecule has 0 saturated carbocycles. The van der Waals surface area contributed by atoms with Crippen molar-refractivity contribution in [1.29, 1.82) is 0 Å². The van der Waals surface area contributed by atoms with Gasteiger partial charge >= 0.3 is 0 Å². The molecule has 0 heterocycles. The Kier molecular flexibility index (Phi) is 7.40. The van der Waals surface area contributed by atoms with E-state index < -0.39 is 0 Å². The number of nitrogens with one attached hydrogen (secondary N) is 2. The predicted octanol–water partition coefficient (Wildman–Crippen LogP) is 2.25. The molecule has 1 rings (SSSR count). The molecule has 20 heavy (non-hydrogen) atoms. The van der Waals surface area contributed by atoms with Gasteiger partial charge in [0.15, 0.2) is 0 Å². The minimum Gasteiger partial charge on any atom is -0.356 e. The van der Waals surface area contributed by atoms with E-state index in [1.165, 1.54) is 0 Å². The number of hydrogen-bond acceptors (Lipinski definition) is 2. The molecule has 0 aromatic heterocycles. The summed E-state index contributed by atoms with van der Waals surface area (Å²) in [5.41, 5.74) is 1.07. The average Bonchev–Trinajstić information content (AvgIpc) is 2.44. The molecule has 0 aliphatic rings. The highest BCUT2D eigenvalue weighted by Crippen LogP contribution is 2.02. The highest BCUT2D eigenvalue weighted by molar-refractivity contribution is 5.78. The molecule has 2 N–H and O–H groups in total. The molecule has 0 radical (unpaired) electrons. The minimum atomic E-state index is -0.0435. The molecule has 1 aromatic rings. The lowest BCUT2D eigenvalue weighted by Gasteiger charge is -2.07. The molecule has 1 aromatic carbocycles. The zero-order valence-corrected chi connectivity index (χ0v) is 12.3. The van der Waals surface area contributed by atoms with Crippen molar-refractivity contribution in [3.63, 3.8) is 0 Å². The summed E-state index contributed by atoms with van der Waals surface area (Å²) in [6.07, 6.45) is 1.73. The number of hydrogen-bond donors (Lipinski definition) is 2. The molecule has 0 unspecified atom stereocenters. The van der Waals surface area contributed by atoms with Crippen LogP contribution in [0.2, 0.25) is 0 Å². The standard InChI is InChI=1S/C16H24N2O2/c1-13(2)8-9-15(19)17-11-10-16(20)18-12-14-6-4-3-5-7-14/h3-7,13H,8-12H2,1-2H3,(H,17,19)(H,18,20). The number of carbonyl (C=O) groups is 2. The van der Waals surface area contributed by atoms with Crippen molar-refractivity contribution in [1.82, 2.24) is 10.6 Å². The normalized spacial score (nSPS) is 10.3. The second-order valence-corrected chi connectivity index (χ2v) is 5.29. The van der Waals surface area contributed by atoms with E-state index >= 15 is 0 Å². The van der Waals surface area contributed by atoms with Crippen molar-refractivity contribution in [2.45, 2.75) is 39.7 Å². The number of rotatable bonds is 8. The lowest BCUT2D eigenvalue weighted by Crippen LogP contribution is -2.30. The quantitative estimate of drug-likeness (QED) is 0.765. The zero-order chi connectivity index (χ0) is 14.8. The maximum Gasteiger partial charge on any atom is 0.222 e. The van der Waals surface area contributed by atoms with Crippen LogP contribution in [0.5, 0.6) is 0 Å². The molecule has 0 atom stereocenters. The van der Waals surface area contributed by atoms with Crippen LogP contribution in [0.1, 0.15) is 38.7 Å². The Balaban J connectivity index is 2.10. The van der Waals surface area contributed by atoms with Gasteiger partial charge in [-0.05, 0) is 17.9 Å². The number of amides is 2. The lowest BCUT2D eigenvalue weighted by atomic mass is 10.1. The van der Waals surface area contributed by atoms with Crippen molar-refractivity contribution in [3.8, 4) is 0 Å². The Morgan fingerprint density at radius 1 is 1.00 bits per heavy atom. The Bertz CT molecular complexity index is 416. The van der Waals surface area contributed by atoms with Crippen LogP contribution in [-0.4, -0.2) is 18.4 Å². The van der Waals surface area contributed by atoms with Gasteiger partial charge < -0.3 is 10.6 Å². The molecule has 2 amide bonds. The number of benzene rings is 1. The maximum atomic E-state index is 11.6. The average molecular weight is 276 g/mol. The zero-order valence-electron chi connectivity index (χ0n) is 12.3. The van der Waals surface area contributed by atoms with E-state index in [2.05, 4.69) is 24.5 Å². The fourth-order valence-electron chi connectivity index (χ4n) is 1.71. The Morgan fingerprint density at radius 3 is 2.30 bits per heavy atom. The van der Waals surface area contributed by atoms with E-state index in [1.807, 2.05) is 30.3 Å². The van der Waals surface area contributed by atoms with Crippen LogP contribution in [0.25, 0.3) is 0 Å². The van der Waals surface area contributed by atoms with Crippen molar-refractivity contribution >= 4 is 11.8 Å². The molecule has 0 spiro atoms. The van der Waals surface area contributed by atoms with Crippen LogP contribution in [0.4, 0.5) is 0 Å². The van der Waals surface area contributed by atoms with Gasteiger partial charge in [-0.15, -0.1) is 0 Å².